The number of rotatable bonds is 17. The van der Waals surface area contributed by atoms with E-state index in [0.29, 0.717) is 37.6 Å². The van der Waals surface area contributed by atoms with Gasteiger partial charge in [0, 0.05) is 63.5 Å². The molecule has 3 aromatic carbocycles. The first-order valence-corrected chi connectivity index (χ1v) is 17.6. The third kappa shape index (κ3) is 12.0. The number of aliphatic hydroxyl groups excluding tert-OH is 1. The molecular weight excluding hydrogens is 656 g/mol. The van der Waals surface area contributed by atoms with Gasteiger partial charge in [0.05, 0.1) is 17.9 Å². The highest BCUT2D eigenvalue weighted by Gasteiger charge is 2.27. The standard InChI is InChI=1S/C35H45F2N5O6S/c1-6-13-42(14-7-2)35(46)28-19-26(18-27(20-28)34(45)40(3)4)33(44)38-31(17-25-15-29(36)21-30(37)16-25)32(43)22-41(5)39-49(47,48)23-24-11-9-8-10-12-24/h8-12,15-16,18-21,31-32,39,43H,6-7,13-14,17,22-23H2,1-5H3,(H,38,44). The Bertz CT molecular complexity index is 1680. The Balaban J connectivity index is 1.93. The molecule has 0 radical (unpaired) electrons. The number of hydrogen-bond acceptors (Lipinski definition) is 7. The molecule has 0 aliphatic heterocycles. The van der Waals surface area contributed by atoms with Crippen LogP contribution in [-0.2, 0) is 22.2 Å². The summed E-state index contributed by atoms with van der Waals surface area (Å²) >= 11 is 0. The number of nitrogens with one attached hydrogen (secondary N) is 2. The number of carbonyl (C=O) groups is 3. The van der Waals surface area contributed by atoms with Gasteiger partial charge in [-0.05, 0) is 60.7 Å². The number of carbonyl (C=O) groups excluding carboxylic acids is 3. The van der Waals surface area contributed by atoms with Crippen LogP contribution in [0.2, 0.25) is 0 Å². The predicted molar refractivity (Wildman–Crippen MR) is 183 cm³/mol. The van der Waals surface area contributed by atoms with Crippen molar-refractivity contribution >= 4 is 27.7 Å². The molecule has 0 aromatic heterocycles. The first-order valence-electron chi connectivity index (χ1n) is 16.0. The Labute approximate surface area is 286 Å². The van der Waals surface area contributed by atoms with Crippen molar-refractivity contribution in [2.75, 3.05) is 40.8 Å². The summed E-state index contributed by atoms with van der Waals surface area (Å²) in [4.78, 5) is 45.6. The van der Waals surface area contributed by atoms with E-state index in [1.165, 1.54) is 44.2 Å². The lowest BCUT2D eigenvalue weighted by Gasteiger charge is -2.28. The first kappa shape index (κ1) is 39.2. The number of hydrazine groups is 1. The van der Waals surface area contributed by atoms with Gasteiger partial charge in [-0.15, -0.1) is 4.83 Å². The maximum Gasteiger partial charge on any atom is 0.253 e. The second kappa shape index (κ2) is 18.0. The molecule has 14 heteroatoms. The molecule has 3 N–H and O–H groups in total. The molecule has 0 heterocycles. The molecule has 0 saturated carbocycles. The van der Waals surface area contributed by atoms with Crippen molar-refractivity contribution in [1.82, 2.24) is 25.0 Å². The van der Waals surface area contributed by atoms with Gasteiger partial charge in [0.25, 0.3) is 17.7 Å². The van der Waals surface area contributed by atoms with E-state index in [2.05, 4.69) is 10.1 Å². The van der Waals surface area contributed by atoms with Crippen molar-refractivity contribution < 1.29 is 36.7 Å². The summed E-state index contributed by atoms with van der Waals surface area (Å²) in [5.41, 5.74) is 0.824. The summed E-state index contributed by atoms with van der Waals surface area (Å²) in [6, 6.07) is 14.2. The summed E-state index contributed by atoms with van der Waals surface area (Å²) in [5, 5.41) is 15.1. The molecule has 0 fully saturated rings. The average molecular weight is 702 g/mol. The van der Waals surface area contributed by atoms with Crippen molar-refractivity contribution in [1.29, 1.82) is 0 Å². The first-order chi connectivity index (χ1) is 23.1. The van der Waals surface area contributed by atoms with Crippen molar-refractivity contribution in [2.45, 2.75) is 51.0 Å². The van der Waals surface area contributed by atoms with Gasteiger partial charge in [0.2, 0.25) is 10.0 Å². The van der Waals surface area contributed by atoms with Gasteiger partial charge in [0.15, 0.2) is 0 Å². The number of amides is 3. The number of hydrogen-bond donors (Lipinski definition) is 3. The Kier molecular flexibility index (Phi) is 14.4. The average Bonchev–Trinajstić information content (AvgIpc) is 3.02. The summed E-state index contributed by atoms with van der Waals surface area (Å²) in [6.45, 7) is 4.48. The number of likely N-dealkylation sites (N-methyl/N-ethyl adjacent to an activating group) is 1. The van der Waals surface area contributed by atoms with Crippen LogP contribution >= 0.6 is 0 Å². The summed E-state index contributed by atoms with van der Waals surface area (Å²) in [5.74, 6) is -3.62. The monoisotopic (exact) mass is 701 g/mol. The van der Waals surface area contributed by atoms with Gasteiger partial charge in [-0.1, -0.05) is 44.2 Å². The maximum atomic E-state index is 14.1. The topological polar surface area (TPSA) is 139 Å². The zero-order valence-corrected chi connectivity index (χ0v) is 29.3. The molecule has 0 aliphatic carbocycles. The molecule has 0 spiro atoms. The molecule has 2 atom stereocenters. The van der Waals surface area contributed by atoms with Crippen molar-refractivity contribution in [3.05, 3.63) is 106 Å². The molecule has 0 aliphatic rings. The van der Waals surface area contributed by atoms with E-state index in [4.69, 9.17) is 0 Å². The number of benzene rings is 3. The van der Waals surface area contributed by atoms with Gasteiger partial charge in [-0.2, -0.15) is 0 Å². The minimum absolute atomic E-state index is 0.0523. The van der Waals surface area contributed by atoms with E-state index in [-0.39, 0.29) is 46.9 Å². The number of nitrogens with zero attached hydrogens (tertiary/aromatic N) is 3. The van der Waals surface area contributed by atoms with Gasteiger partial charge in [0.1, 0.15) is 11.6 Å². The molecule has 266 valence electrons. The Hall–Kier alpha value is -4.24. The maximum absolute atomic E-state index is 14.1. The van der Waals surface area contributed by atoms with E-state index >= 15 is 0 Å². The molecular formula is C35H45F2N5O6S. The molecule has 0 saturated heterocycles. The summed E-state index contributed by atoms with van der Waals surface area (Å²) in [6.07, 6.45) is -0.300. The molecule has 0 bridgehead atoms. The van der Waals surface area contributed by atoms with Crippen LogP contribution in [0.5, 0.6) is 0 Å². The lowest BCUT2D eigenvalue weighted by atomic mass is 9.99. The third-order valence-corrected chi connectivity index (χ3v) is 8.79. The minimum Gasteiger partial charge on any atom is -0.390 e. The van der Waals surface area contributed by atoms with E-state index in [1.807, 2.05) is 13.8 Å². The summed E-state index contributed by atoms with van der Waals surface area (Å²) < 4.78 is 53.8. The Morgan fingerprint density at radius 3 is 1.90 bits per heavy atom. The van der Waals surface area contributed by atoms with Crippen LogP contribution in [0, 0.1) is 11.6 Å². The lowest BCUT2D eigenvalue weighted by molar-refractivity contribution is 0.0687. The predicted octanol–water partition coefficient (Wildman–Crippen LogP) is 3.60. The Morgan fingerprint density at radius 2 is 1.35 bits per heavy atom. The molecule has 3 rings (SSSR count). The van der Waals surface area contributed by atoms with Gasteiger partial charge >= 0.3 is 0 Å². The van der Waals surface area contributed by atoms with Crippen molar-refractivity contribution in [3.63, 3.8) is 0 Å². The third-order valence-electron chi connectivity index (χ3n) is 7.48. The molecule has 3 aromatic rings. The zero-order chi connectivity index (χ0) is 36.3. The quantitative estimate of drug-likeness (QED) is 0.183. The van der Waals surface area contributed by atoms with E-state index in [1.54, 1.807) is 35.2 Å². The number of aliphatic hydroxyl groups is 1. The van der Waals surface area contributed by atoms with Gasteiger partial charge < -0.3 is 20.2 Å². The van der Waals surface area contributed by atoms with E-state index in [0.717, 1.165) is 17.1 Å². The largest absolute Gasteiger partial charge is 0.390 e. The fourth-order valence-electron chi connectivity index (χ4n) is 5.33. The molecule has 49 heavy (non-hydrogen) atoms. The fourth-order valence-corrected chi connectivity index (χ4v) is 6.57. The second-order valence-corrected chi connectivity index (χ2v) is 13.8. The van der Waals surface area contributed by atoms with E-state index < -0.39 is 45.6 Å². The highest BCUT2D eigenvalue weighted by molar-refractivity contribution is 7.88. The summed E-state index contributed by atoms with van der Waals surface area (Å²) in [7, 11) is 0.572. The number of halogens is 2. The van der Waals surface area contributed by atoms with Crippen molar-refractivity contribution in [3.8, 4) is 0 Å². The fraction of sp³-hybridized carbons (Fsp3) is 0.400. The van der Waals surface area contributed by atoms with Crippen LogP contribution in [0.3, 0.4) is 0 Å². The van der Waals surface area contributed by atoms with Crippen LogP contribution in [-0.4, -0.2) is 99.0 Å². The highest BCUT2D eigenvalue weighted by atomic mass is 32.2. The smallest absolute Gasteiger partial charge is 0.253 e. The Morgan fingerprint density at radius 1 is 0.796 bits per heavy atom. The highest BCUT2D eigenvalue weighted by Crippen LogP contribution is 2.18. The minimum atomic E-state index is -3.88. The van der Waals surface area contributed by atoms with Crippen LogP contribution < -0.4 is 10.1 Å². The van der Waals surface area contributed by atoms with Crippen LogP contribution in [0.1, 0.15) is 68.9 Å². The van der Waals surface area contributed by atoms with Gasteiger partial charge in [-0.25, -0.2) is 22.2 Å². The SMILES string of the molecule is CCCN(CCC)C(=O)c1cc(C(=O)NC(Cc2cc(F)cc(F)c2)C(O)CN(C)NS(=O)(=O)Cc2ccccc2)cc(C(=O)N(C)C)c1. The normalized spacial score (nSPS) is 12.8. The lowest BCUT2D eigenvalue weighted by Crippen LogP contribution is -2.52. The molecule has 3 amide bonds. The molecule has 2 unspecified atom stereocenters. The second-order valence-electron chi connectivity index (χ2n) is 12.1. The van der Waals surface area contributed by atoms with Crippen LogP contribution in [0.25, 0.3) is 0 Å². The van der Waals surface area contributed by atoms with E-state index in [9.17, 15) is 36.7 Å². The molecule has 11 nitrogen and oxygen atoms in total. The zero-order valence-electron chi connectivity index (χ0n) is 28.4. The van der Waals surface area contributed by atoms with Crippen molar-refractivity contribution in [2.24, 2.45) is 0 Å². The van der Waals surface area contributed by atoms with Crippen LogP contribution in [0.4, 0.5) is 8.78 Å². The van der Waals surface area contributed by atoms with Gasteiger partial charge in [-0.3, -0.25) is 14.4 Å². The number of sulfonamides is 1. The van der Waals surface area contributed by atoms with Crippen LogP contribution in [0.15, 0.2) is 66.7 Å².